The number of carboxylic acids is 1. The second-order valence-corrected chi connectivity index (χ2v) is 8.69. The summed E-state index contributed by atoms with van der Waals surface area (Å²) in [5.74, 6) is -0.364. The number of halogens is 1. The zero-order valence-electron chi connectivity index (χ0n) is 18.6. The highest BCUT2D eigenvalue weighted by atomic mass is 19.1. The normalized spacial score (nSPS) is 14.3. The summed E-state index contributed by atoms with van der Waals surface area (Å²) in [6.07, 6.45) is -1.81. The Bertz CT molecular complexity index is 863. The van der Waals surface area contributed by atoms with Crippen LogP contribution in [0.15, 0.2) is 36.4 Å². The summed E-state index contributed by atoms with van der Waals surface area (Å²) in [5.41, 5.74) is 3.95. The van der Waals surface area contributed by atoms with E-state index in [-0.39, 0.29) is 24.8 Å². The first-order valence-electron chi connectivity index (χ1n) is 10.6. The van der Waals surface area contributed by atoms with E-state index in [4.69, 9.17) is 9.84 Å². The molecular formula is C25H33FO5. The number of aliphatic hydroxyl groups excluding tert-OH is 2. The van der Waals surface area contributed by atoms with Crippen molar-refractivity contribution in [3.8, 4) is 5.75 Å². The van der Waals surface area contributed by atoms with Gasteiger partial charge in [0, 0.05) is 17.9 Å². The molecule has 0 saturated carbocycles. The number of hydrogen-bond acceptors (Lipinski definition) is 4. The summed E-state index contributed by atoms with van der Waals surface area (Å²) < 4.78 is 19.5. The van der Waals surface area contributed by atoms with Crippen LogP contribution in [0.5, 0.6) is 5.75 Å². The van der Waals surface area contributed by atoms with E-state index in [1.807, 2.05) is 19.9 Å². The van der Waals surface area contributed by atoms with E-state index in [1.54, 1.807) is 12.1 Å². The third kappa shape index (κ3) is 7.64. The fourth-order valence-corrected chi connectivity index (χ4v) is 3.90. The van der Waals surface area contributed by atoms with Crippen LogP contribution in [0.4, 0.5) is 4.39 Å². The minimum absolute atomic E-state index is 0.0102. The van der Waals surface area contributed by atoms with Crippen LogP contribution in [0.2, 0.25) is 0 Å². The van der Waals surface area contributed by atoms with E-state index in [9.17, 15) is 19.4 Å². The van der Waals surface area contributed by atoms with Crippen molar-refractivity contribution in [3.63, 3.8) is 0 Å². The summed E-state index contributed by atoms with van der Waals surface area (Å²) in [6, 6.07) is 10.6. The average Bonchev–Trinajstić information content (AvgIpc) is 2.64. The van der Waals surface area contributed by atoms with Crippen LogP contribution in [-0.2, 0) is 4.79 Å². The third-order valence-corrected chi connectivity index (χ3v) is 5.18. The van der Waals surface area contributed by atoms with Gasteiger partial charge in [0.1, 0.15) is 18.2 Å². The zero-order valence-corrected chi connectivity index (χ0v) is 18.6. The van der Waals surface area contributed by atoms with E-state index >= 15 is 0 Å². The number of aliphatic carboxylic acids is 1. The molecule has 0 radical (unpaired) electrons. The Morgan fingerprint density at radius 1 is 1.03 bits per heavy atom. The lowest BCUT2D eigenvalue weighted by Crippen LogP contribution is -2.26. The predicted molar refractivity (Wildman–Crippen MR) is 118 cm³/mol. The molecule has 2 unspecified atom stereocenters. The zero-order chi connectivity index (χ0) is 23.1. The SMILES string of the molecule is Cc1cc(C)c(OCC(O)C[C@@H](O)CC(=O)O)c(C(CC(C)C)c2ccc(F)cc2)c1. The molecule has 3 atom stereocenters. The molecule has 0 aliphatic heterocycles. The van der Waals surface area contributed by atoms with Gasteiger partial charge in [-0.25, -0.2) is 4.39 Å². The highest BCUT2D eigenvalue weighted by molar-refractivity contribution is 5.67. The van der Waals surface area contributed by atoms with E-state index < -0.39 is 24.6 Å². The first kappa shape index (κ1) is 24.8. The number of benzene rings is 2. The van der Waals surface area contributed by atoms with Crippen molar-refractivity contribution >= 4 is 5.97 Å². The Balaban J connectivity index is 2.31. The fraction of sp³-hybridized carbons (Fsp3) is 0.480. The third-order valence-electron chi connectivity index (χ3n) is 5.18. The molecule has 0 heterocycles. The largest absolute Gasteiger partial charge is 0.490 e. The number of aliphatic hydroxyl groups is 2. The van der Waals surface area contributed by atoms with E-state index in [1.165, 1.54) is 12.1 Å². The Kier molecular flexibility index (Phi) is 9.01. The van der Waals surface area contributed by atoms with Crippen molar-refractivity contribution in [1.82, 2.24) is 0 Å². The molecule has 31 heavy (non-hydrogen) atoms. The molecule has 0 aliphatic rings. The average molecular weight is 433 g/mol. The summed E-state index contributed by atoms with van der Waals surface area (Å²) in [4.78, 5) is 10.7. The molecule has 0 bridgehead atoms. The van der Waals surface area contributed by atoms with Gasteiger partial charge in [-0.05, 0) is 49.4 Å². The first-order chi connectivity index (χ1) is 14.6. The van der Waals surface area contributed by atoms with Crippen molar-refractivity contribution in [2.24, 2.45) is 5.92 Å². The molecule has 6 heteroatoms. The van der Waals surface area contributed by atoms with Crippen molar-refractivity contribution in [2.75, 3.05) is 6.61 Å². The molecule has 0 spiro atoms. The molecular weight excluding hydrogens is 399 g/mol. The summed E-state index contributed by atoms with van der Waals surface area (Å²) in [7, 11) is 0. The van der Waals surface area contributed by atoms with Crippen molar-refractivity contribution in [2.45, 2.75) is 65.1 Å². The minimum Gasteiger partial charge on any atom is -0.490 e. The van der Waals surface area contributed by atoms with E-state index in [0.29, 0.717) is 11.7 Å². The molecule has 0 amide bonds. The van der Waals surface area contributed by atoms with Gasteiger partial charge < -0.3 is 20.1 Å². The summed E-state index contributed by atoms with van der Waals surface area (Å²) in [6.45, 7) is 8.15. The second-order valence-electron chi connectivity index (χ2n) is 8.69. The quantitative estimate of drug-likeness (QED) is 0.484. The number of aryl methyl sites for hydroxylation is 2. The molecule has 2 aromatic carbocycles. The van der Waals surface area contributed by atoms with Gasteiger partial charge in [0.2, 0.25) is 0 Å². The van der Waals surface area contributed by atoms with Crippen LogP contribution in [-0.4, -0.2) is 40.1 Å². The van der Waals surface area contributed by atoms with E-state index in [2.05, 4.69) is 19.9 Å². The number of carboxylic acid groups (broad SMARTS) is 1. The standard InChI is InChI=1S/C25H33FO5/c1-15(2)9-22(18-5-7-19(26)8-6-18)23-11-16(3)10-17(4)25(23)31-14-21(28)12-20(27)13-24(29)30/h5-8,10-11,15,20-22,27-28H,9,12-14H2,1-4H3,(H,29,30)/t20-,21?,22?/m1/s1. The Hall–Kier alpha value is -2.44. The Morgan fingerprint density at radius 3 is 2.26 bits per heavy atom. The lowest BCUT2D eigenvalue weighted by Gasteiger charge is -2.25. The molecule has 2 aromatic rings. The topological polar surface area (TPSA) is 87.0 Å². The minimum atomic E-state index is -1.14. The van der Waals surface area contributed by atoms with Gasteiger partial charge in [-0.2, -0.15) is 0 Å². The van der Waals surface area contributed by atoms with Crippen molar-refractivity contribution < 1.29 is 29.2 Å². The van der Waals surface area contributed by atoms with Crippen LogP contribution in [0.1, 0.15) is 61.3 Å². The van der Waals surface area contributed by atoms with E-state index in [0.717, 1.165) is 28.7 Å². The predicted octanol–water partition coefficient (Wildman–Crippen LogP) is 4.59. The summed E-state index contributed by atoms with van der Waals surface area (Å²) >= 11 is 0. The Morgan fingerprint density at radius 2 is 1.68 bits per heavy atom. The van der Waals surface area contributed by atoms with Crippen LogP contribution < -0.4 is 4.74 Å². The lowest BCUT2D eigenvalue weighted by atomic mass is 9.83. The monoisotopic (exact) mass is 432 g/mol. The van der Waals surface area contributed by atoms with Gasteiger partial charge in [0.05, 0.1) is 18.6 Å². The molecule has 0 aliphatic carbocycles. The van der Waals surface area contributed by atoms with Crippen LogP contribution in [0.3, 0.4) is 0 Å². The maximum Gasteiger partial charge on any atom is 0.305 e. The summed E-state index contributed by atoms with van der Waals surface area (Å²) in [5, 5.41) is 28.8. The van der Waals surface area contributed by atoms with Gasteiger partial charge in [-0.1, -0.05) is 43.7 Å². The molecule has 3 N–H and O–H groups in total. The fourth-order valence-electron chi connectivity index (χ4n) is 3.90. The van der Waals surface area contributed by atoms with Gasteiger partial charge in [-0.15, -0.1) is 0 Å². The van der Waals surface area contributed by atoms with Gasteiger partial charge in [-0.3, -0.25) is 4.79 Å². The molecule has 5 nitrogen and oxygen atoms in total. The lowest BCUT2D eigenvalue weighted by molar-refractivity contribution is -0.139. The maximum atomic E-state index is 13.5. The number of ether oxygens (including phenoxy) is 1. The molecule has 170 valence electrons. The highest BCUT2D eigenvalue weighted by Crippen LogP contribution is 2.39. The molecule has 0 saturated heterocycles. The Labute approximate surface area is 183 Å². The van der Waals surface area contributed by atoms with Gasteiger partial charge in [0.25, 0.3) is 0 Å². The van der Waals surface area contributed by atoms with Crippen molar-refractivity contribution in [3.05, 3.63) is 64.5 Å². The smallest absolute Gasteiger partial charge is 0.305 e. The molecule has 0 fully saturated rings. The number of hydrogen-bond donors (Lipinski definition) is 3. The number of carbonyl (C=O) groups is 1. The van der Waals surface area contributed by atoms with Crippen molar-refractivity contribution in [1.29, 1.82) is 0 Å². The van der Waals surface area contributed by atoms with Crippen LogP contribution in [0.25, 0.3) is 0 Å². The van der Waals surface area contributed by atoms with Gasteiger partial charge in [0.15, 0.2) is 0 Å². The first-order valence-corrected chi connectivity index (χ1v) is 10.6. The highest BCUT2D eigenvalue weighted by Gasteiger charge is 2.23. The maximum absolute atomic E-state index is 13.5. The molecule has 0 aromatic heterocycles. The van der Waals surface area contributed by atoms with Crippen LogP contribution in [0, 0.1) is 25.6 Å². The second kappa shape index (κ2) is 11.3. The van der Waals surface area contributed by atoms with Gasteiger partial charge >= 0.3 is 5.97 Å². The van der Waals surface area contributed by atoms with Crippen LogP contribution >= 0.6 is 0 Å². The number of rotatable bonds is 11. The molecule has 2 rings (SSSR count).